The molecule has 1 aliphatic heterocycles. The first kappa shape index (κ1) is 16.1. The Balaban J connectivity index is 2.00. The number of ether oxygens (including phenoxy) is 1. The Labute approximate surface area is 151 Å². The Morgan fingerprint density at radius 3 is 2.08 bits per heavy atom. The third kappa shape index (κ3) is 2.23. The minimum Gasteiger partial charge on any atom is -0.497 e. The summed E-state index contributed by atoms with van der Waals surface area (Å²) in [5, 5.41) is 2.92. The molecule has 0 aromatic heterocycles. The molecule has 4 rings (SSSR count). The minimum atomic E-state index is -1.43. The number of carbonyl (C=O) groups excluding carboxylic acids is 2. The van der Waals surface area contributed by atoms with Gasteiger partial charge in [0.2, 0.25) is 5.91 Å². The highest BCUT2D eigenvalue weighted by Crippen LogP contribution is 2.42. The molecule has 4 nitrogen and oxygen atoms in total. The van der Waals surface area contributed by atoms with Crippen molar-refractivity contribution in [3.63, 3.8) is 0 Å². The Hall–Kier alpha value is -3.40. The molecule has 3 aromatic carbocycles. The molecular weight excluding hydrogens is 326 g/mol. The van der Waals surface area contributed by atoms with Crippen LogP contribution in [0.15, 0.2) is 78.9 Å². The van der Waals surface area contributed by atoms with Crippen LogP contribution in [0.2, 0.25) is 0 Å². The predicted octanol–water partition coefficient (Wildman–Crippen LogP) is 3.82. The van der Waals surface area contributed by atoms with Crippen molar-refractivity contribution < 1.29 is 14.3 Å². The first-order valence-electron chi connectivity index (χ1n) is 8.33. The molecule has 1 amide bonds. The lowest BCUT2D eigenvalue weighted by molar-refractivity contribution is -0.119. The molecule has 3 aromatic rings. The maximum absolute atomic E-state index is 13.6. The summed E-state index contributed by atoms with van der Waals surface area (Å²) in [7, 11) is 1.58. The lowest BCUT2D eigenvalue weighted by atomic mass is 9.67. The fourth-order valence-corrected chi connectivity index (χ4v) is 3.53. The van der Waals surface area contributed by atoms with Crippen LogP contribution in [0.4, 0.5) is 5.69 Å². The van der Waals surface area contributed by atoms with E-state index in [2.05, 4.69) is 5.32 Å². The quantitative estimate of drug-likeness (QED) is 0.736. The minimum absolute atomic E-state index is 0.229. The van der Waals surface area contributed by atoms with E-state index in [-0.39, 0.29) is 11.7 Å². The average molecular weight is 343 g/mol. The van der Waals surface area contributed by atoms with Crippen LogP contribution in [0.25, 0.3) is 0 Å². The van der Waals surface area contributed by atoms with E-state index in [1.807, 2.05) is 30.3 Å². The van der Waals surface area contributed by atoms with Crippen molar-refractivity contribution >= 4 is 17.4 Å². The molecule has 1 aliphatic rings. The summed E-state index contributed by atoms with van der Waals surface area (Å²) in [5.41, 5.74) is 0.875. The van der Waals surface area contributed by atoms with E-state index in [0.29, 0.717) is 28.1 Å². The van der Waals surface area contributed by atoms with Gasteiger partial charge >= 0.3 is 0 Å². The zero-order valence-electron chi connectivity index (χ0n) is 14.2. The van der Waals surface area contributed by atoms with Crippen molar-refractivity contribution in [1.82, 2.24) is 0 Å². The van der Waals surface area contributed by atoms with Crippen molar-refractivity contribution in [3.8, 4) is 5.75 Å². The first-order chi connectivity index (χ1) is 12.7. The summed E-state index contributed by atoms with van der Waals surface area (Å²) in [5.74, 6) is 0.0896. The maximum Gasteiger partial charge on any atom is 0.247 e. The molecule has 0 bridgehead atoms. The fourth-order valence-electron chi connectivity index (χ4n) is 3.53. The summed E-state index contributed by atoms with van der Waals surface area (Å²) in [6.45, 7) is 0. The lowest BCUT2D eigenvalue weighted by Crippen LogP contribution is -2.51. The molecule has 1 atom stereocenters. The van der Waals surface area contributed by atoms with Crippen molar-refractivity contribution in [2.75, 3.05) is 12.4 Å². The number of nitrogens with one attached hydrogen (secondary N) is 1. The number of rotatable bonds is 3. The summed E-state index contributed by atoms with van der Waals surface area (Å²) >= 11 is 0. The van der Waals surface area contributed by atoms with E-state index in [1.165, 1.54) is 0 Å². The Morgan fingerprint density at radius 2 is 1.38 bits per heavy atom. The number of Topliss-reactive ketones (excluding diaryl/α,β-unsaturated/α-hetero) is 1. The standard InChI is InChI=1S/C22H17NO3/c1-26-17-13-11-16(12-14-17)22(15-7-3-2-4-8-15)20(24)18-9-5-6-10-19(18)23-21(22)25/h2-14H,1H3,(H,23,25). The Bertz CT molecular complexity index is 980. The predicted molar refractivity (Wildman–Crippen MR) is 99.6 cm³/mol. The van der Waals surface area contributed by atoms with E-state index in [4.69, 9.17) is 4.74 Å². The molecule has 0 fully saturated rings. The molecule has 0 saturated heterocycles. The topological polar surface area (TPSA) is 55.4 Å². The zero-order chi connectivity index (χ0) is 18.1. The van der Waals surface area contributed by atoms with E-state index in [0.717, 1.165) is 0 Å². The van der Waals surface area contributed by atoms with E-state index in [9.17, 15) is 9.59 Å². The Kier molecular flexibility index (Phi) is 3.81. The van der Waals surface area contributed by atoms with Gasteiger partial charge in [-0.2, -0.15) is 0 Å². The number of carbonyl (C=O) groups is 2. The smallest absolute Gasteiger partial charge is 0.247 e. The average Bonchev–Trinajstić information content (AvgIpc) is 2.70. The van der Waals surface area contributed by atoms with Gasteiger partial charge in [0.25, 0.3) is 0 Å². The number of benzene rings is 3. The van der Waals surface area contributed by atoms with Crippen LogP contribution in [-0.2, 0) is 10.2 Å². The molecule has 1 heterocycles. The van der Waals surface area contributed by atoms with Gasteiger partial charge in [0.05, 0.1) is 12.8 Å². The highest BCUT2D eigenvalue weighted by molar-refractivity contribution is 6.29. The lowest BCUT2D eigenvalue weighted by Gasteiger charge is -2.36. The van der Waals surface area contributed by atoms with Gasteiger partial charge in [-0.15, -0.1) is 0 Å². The van der Waals surface area contributed by atoms with Gasteiger partial charge in [0, 0.05) is 5.56 Å². The van der Waals surface area contributed by atoms with Crippen LogP contribution < -0.4 is 10.1 Å². The monoisotopic (exact) mass is 343 g/mol. The van der Waals surface area contributed by atoms with Crippen LogP contribution in [0, 0.1) is 0 Å². The summed E-state index contributed by atoms with van der Waals surface area (Å²) in [4.78, 5) is 26.9. The number of ketones is 1. The van der Waals surface area contributed by atoms with Gasteiger partial charge < -0.3 is 10.1 Å². The second kappa shape index (κ2) is 6.15. The van der Waals surface area contributed by atoms with Gasteiger partial charge in [-0.25, -0.2) is 0 Å². The molecule has 0 saturated carbocycles. The normalized spacial score (nSPS) is 18.8. The van der Waals surface area contributed by atoms with Crippen LogP contribution in [-0.4, -0.2) is 18.8 Å². The second-order valence-electron chi connectivity index (χ2n) is 6.17. The van der Waals surface area contributed by atoms with Crippen molar-refractivity contribution in [2.24, 2.45) is 0 Å². The molecule has 0 radical (unpaired) electrons. The van der Waals surface area contributed by atoms with Gasteiger partial charge in [-0.1, -0.05) is 54.6 Å². The van der Waals surface area contributed by atoms with Gasteiger partial charge in [-0.05, 0) is 35.4 Å². The number of fused-ring (bicyclic) bond motifs is 1. The number of para-hydroxylation sites is 1. The van der Waals surface area contributed by atoms with Gasteiger partial charge in [0.15, 0.2) is 11.2 Å². The van der Waals surface area contributed by atoms with Crippen molar-refractivity contribution in [1.29, 1.82) is 0 Å². The van der Waals surface area contributed by atoms with E-state index in [1.54, 1.807) is 55.6 Å². The van der Waals surface area contributed by atoms with Gasteiger partial charge in [0.1, 0.15) is 5.75 Å². The largest absolute Gasteiger partial charge is 0.497 e. The maximum atomic E-state index is 13.6. The van der Waals surface area contributed by atoms with Crippen LogP contribution in [0.3, 0.4) is 0 Å². The summed E-state index contributed by atoms with van der Waals surface area (Å²) in [6, 6.07) is 23.3. The summed E-state index contributed by atoms with van der Waals surface area (Å²) in [6.07, 6.45) is 0. The highest BCUT2D eigenvalue weighted by Gasteiger charge is 2.52. The highest BCUT2D eigenvalue weighted by atomic mass is 16.5. The SMILES string of the molecule is COc1ccc(C2(c3ccccc3)C(=O)Nc3ccccc3C2=O)cc1. The third-order valence-corrected chi connectivity index (χ3v) is 4.83. The van der Waals surface area contributed by atoms with Crippen molar-refractivity contribution in [3.05, 3.63) is 95.6 Å². The van der Waals surface area contributed by atoms with Crippen LogP contribution >= 0.6 is 0 Å². The van der Waals surface area contributed by atoms with Gasteiger partial charge in [-0.3, -0.25) is 9.59 Å². The number of amides is 1. The molecule has 4 heteroatoms. The molecule has 0 aliphatic carbocycles. The second-order valence-corrected chi connectivity index (χ2v) is 6.17. The number of hydrogen-bond donors (Lipinski definition) is 1. The Morgan fingerprint density at radius 1 is 0.769 bits per heavy atom. The number of methoxy groups -OCH3 is 1. The van der Waals surface area contributed by atoms with Crippen LogP contribution in [0.1, 0.15) is 21.5 Å². The molecule has 0 spiro atoms. The molecule has 26 heavy (non-hydrogen) atoms. The molecular formula is C22H17NO3. The van der Waals surface area contributed by atoms with E-state index >= 15 is 0 Å². The van der Waals surface area contributed by atoms with Crippen LogP contribution in [0.5, 0.6) is 5.75 Å². The zero-order valence-corrected chi connectivity index (χ0v) is 14.2. The third-order valence-electron chi connectivity index (χ3n) is 4.83. The number of hydrogen-bond acceptors (Lipinski definition) is 3. The number of anilines is 1. The fraction of sp³-hybridized carbons (Fsp3) is 0.0909. The molecule has 128 valence electrons. The first-order valence-corrected chi connectivity index (χ1v) is 8.33. The van der Waals surface area contributed by atoms with Crippen molar-refractivity contribution in [2.45, 2.75) is 5.41 Å². The molecule has 1 unspecified atom stereocenters. The van der Waals surface area contributed by atoms with E-state index < -0.39 is 5.41 Å². The molecule has 1 N–H and O–H groups in total. The summed E-state index contributed by atoms with van der Waals surface area (Å²) < 4.78 is 5.22.